The number of thioether (sulfide) groups is 1. The maximum absolute atomic E-state index is 13.2. The predicted molar refractivity (Wildman–Crippen MR) is 59.7 cm³/mol. The third-order valence-electron chi connectivity index (χ3n) is 1.59. The maximum atomic E-state index is 13.2. The lowest BCUT2D eigenvalue weighted by molar-refractivity contribution is 0.603. The molecule has 0 unspecified atom stereocenters. The van der Waals surface area contributed by atoms with E-state index in [1.807, 2.05) is 12.2 Å². The van der Waals surface area contributed by atoms with E-state index in [0.29, 0.717) is 17.1 Å². The highest BCUT2D eigenvalue weighted by Crippen LogP contribution is 2.23. The molecule has 4 heteroatoms. The standard InChI is InChI=1S/C10H13FN2S/c11-9-7-8(13)3-4-10(9)14-6-2-1-5-12/h1-4,7H,5-6,12-13H2/b2-1+. The Morgan fingerprint density at radius 2 is 2.14 bits per heavy atom. The second-order valence-electron chi connectivity index (χ2n) is 2.71. The van der Waals surface area contributed by atoms with Crippen LogP contribution < -0.4 is 11.5 Å². The molecule has 76 valence electrons. The van der Waals surface area contributed by atoms with Crippen molar-refractivity contribution < 1.29 is 4.39 Å². The van der Waals surface area contributed by atoms with Crippen LogP contribution in [0.4, 0.5) is 10.1 Å². The summed E-state index contributed by atoms with van der Waals surface area (Å²) in [6.45, 7) is 0.519. The van der Waals surface area contributed by atoms with Gasteiger partial charge in [0.05, 0.1) is 0 Å². The molecule has 4 N–H and O–H groups in total. The highest BCUT2D eigenvalue weighted by atomic mass is 32.2. The number of nitrogen functional groups attached to an aromatic ring is 1. The minimum absolute atomic E-state index is 0.267. The first-order valence-corrected chi connectivity index (χ1v) is 5.25. The third-order valence-corrected chi connectivity index (χ3v) is 2.59. The molecule has 0 spiro atoms. The summed E-state index contributed by atoms with van der Waals surface area (Å²) in [5.74, 6) is 0.453. The summed E-state index contributed by atoms with van der Waals surface area (Å²) in [5, 5.41) is 0. The van der Waals surface area contributed by atoms with E-state index in [0.717, 1.165) is 5.75 Å². The zero-order chi connectivity index (χ0) is 10.4. The van der Waals surface area contributed by atoms with E-state index < -0.39 is 0 Å². The Balaban J connectivity index is 2.55. The molecule has 0 aliphatic heterocycles. The van der Waals surface area contributed by atoms with Gasteiger partial charge < -0.3 is 11.5 Å². The molecule has 0 radical (unpaired) electrons. The summed E-state index contributed by atoms with van der Waals surface area (Å²) in [6, 6.07) is 4.71. The van der Waals surface area contributed by atoms with Crippen molar-refractivity contribution in [1.29, 1.82) is 0 Å². The summed E-state index contributed by atoms with van der Waals surface area (Å²) in [7, 11) is 0. The van der Waals surface area contributed by atoms with Gasteiger partial charge in [-0.2, -0.15) is 0 Å². The van der Waals surface area contributed by atoms with Crippen LogP contribution in [0.25, 0.3) is 0 Å². The average molecular weight is 212 g/mol. The highest BCUT2D eigenvalue weighted by molar-refractivity contribution is 7.99. The smallest absolute Gasteiger partial charge is 0.138 e. The number of benzene rings is 1. The van der Waals surface area contributed by atoms with Gasteiger partial charge in [0.25, 0.3) is 0 Å². The fourth-order valence-corrected chi connectivity index (χ4v) is 1.71. The largest absolute Gasteiger partial charge is 0.399 e. The Kier molecular flexibility index (Phi) is 4.49. The van der Waals surface area contributed by atoms with Crippen LogP contribution in [0.2, 0.25) is 0 Å². The molecule has 0 bridgehead atoms. The van der Waals surface area contributed by atoms with Gasteiger partial charge >= 0.3 is 0 Å². The number of nitrogens with two attached hydrogens (primary N) is 2. The van der Waals surface area contributed by atoms with Crippen LogP contribution in [-0.4, -0.2) is 12.3 Å². The number of rotatable bonds is 4. The number of hydrogen-bond acceptors (Lipinski definition) is 3. The van der Waals surface area contributed by atoms with Crippen LogP contribution in [0, 0.1) is 5.82 Å². The fraction of sp³-hybridized carbons (Fsp3) is 0.200. The molecule has 1 aromatic rings. The summed E-state index contributed by atoms with van der Waals surface area (Å²) < 4.78 is 13.2. The summed E-state index contributed by atoms with van der Waals surface area (Å²) in [5.41, 5.74) is 11.1. The van der Waals surface area contributed by atoms with Gasteiger partial charge in [0.1, 0.15) is 5.82 Å². The topological polar surface area (TPSA) is 52.0 Å². The molecule has 0 saturated heterocycles. The van der Waals surface area contributed by atoms with Gasteiger partial charge in [-0.25, -0.2) is 4.39 Å². The lowest BCUT2D eigenvalue weighted by atomic mass is 10.3. The monoisotopic (exact) mass is 212 g/mol. The second-order valence-corrected chi connectivity index (χ2v) is 3.77. The van der Waals surface area contributed by atoms with Crippen LogP contribution in [0.3, 0.4) is 0 Å². The molecule has 0 aliphatic carbocycles. The molecule has 0 heterocycles. The van der Waals surface area contributed by atoms with E-state index >= 15 is 0 Å². The third kappa shape index (κ3) is 3.40. The van der Waals surface area contributed by atoms with Gasteiger partial charge in [-0.15, -0.1) is 11.8 Å². The van der Waals surface area contributed by atoms with Crippen molar-refractivity contribution in [1.82, 2.24) is 0 Å². The molecule has 2 nitrogen and oxygen atoms in total. The molecule has 1 aromatic carbocycles. The first-order valence-electron chi connectivity index (χ1n) is 4.27. The Morgan fingerprint density at radius 1 is 1.36 bits per heavy atom. The van der Waals surface area contributed by atoms with Crippen LogP contribution in [0.15, 0.2) is 35.2 Å². The summed E-state index contributed by atoms with van der Waals surface area (Å²) in [6.07, 6.45) is 3.77. The Labute approximate surface area is 87.2 Å². The van der Waals surface area contributed by atoms with E-state index in [1.54, 1.807) is 12.1 Å². The SMILES string of the molecule is NC/C=C/CSc1ccc(N)cc1F. The molecule has 0 aromatic heterocycles. The summed E-state index contributed by atoms with van der Waals surface area (Å²) >= 11 is 1.42. The van der Waals surface area contributed by atoms with Gasteiger partial charge in [0.15, 0.2) is 0 Å². The predicted octanol–water partition coefficient (Wildman–Crippen LogP) is 2.01. The van der Waals surface area contributed by atoms with E-state index in [9.17, 15) is 4.39 Å². The van der Waals surface area contributed by atoms with Gasteiger partial charge in [0.2, 0.25) is 0 Å². The van der Waals surface area contributed by atoms with Crippen molar-refractivity contribution in [3.63, 3.8) is 0 Å². The first kappa shape index (κ1) is 11.1. The number of anilines is 1. The lowest BCUT2D eigenvalue weighted by Crippen LogP contribution is -1.92. The molecular weight excluding hydrogens is 199 g/mol. The number of halogens is 1. The maximum Gasteiger partial charge on any atom is 0.138 e. The van der Waals surface area contributed by atoms with Gasteiger partial charge in [0, 0.05) is 22.9 Å². The molecule has 1 rings (SSSR count). The minimum Gasteiger partial charge on any atom is -0.399 e. The molecule has 0 fully saturated rings. The average Bonchev–Trinajstić information content (AvgIpc) is 2.15. The normalized spacial score (nSPS) is 11.0. The van der Waals surface area contributed by atoms with Crippen molar-refractivity contribution in [2.24, 2.45) is 5.73 Å². The molecule has 0 atom stereocenters. The van der Waals surface area contributed by atoms with Gasteiger partial charge in [-0.1, -0.05) is 12.2 Å². The van der Waals surface area contributed by atoms with Gasteiger partial charge in [-0.05, 0) is 18.2 Å². The summed E-state index contributed by atoms with van der Waals surface area (Å²) in [4.78, 5) is 0.612. The van der Waals surface area contributed by atoms with Crippen LogP contribution in [0.1, 0.15) is 0 Å². The quantitative estimate of drug-likeness (QED) is 0.456. The van der Waals surface area contributed by atoms with Gasteiger partial charge in [-0.3, -0.25) is 0 Å². The molecular formula is C10H13FN2S. The Bertz CT molecular complexity index is 326. The lowest BCUT2D eigenvalue weighted by Gasteiger charge is -2.01. The number of hydrogen-bond donors (Lipinski definition) is 2. The fourth-order valence-electron chi connectivity index (χ4n) is 0.936. The molecule has 0 amide bonds. The van der Waals surface area contributed by atoms with Crippen molar-refractivity contribution in [3.8, 4) is 0 Å². The molecule has 0 saturated carbocycles. The van der Waals surface area contributed by atoms with Crippen molar-refractivity contribution in [3.05, 3.63) is 36.2 Å². The van der Waals surface area contributed by atoms with Crippen LogP contribution >= 0.6 is 11.8 Å². The highest BCUT2D eigenvalue weighted by Gasteiger charge is 2.01. The van der Waals surface area contributed by atoms with E-state index in [1.165, 1.54) is 17.8 Å². The minimum atomic E-state index is -0.267. The van der Waals surface area contributed by atoms with E-state index in [-0.39, 0.29) is 5.82 Å². The zero-order valence-corrected chi connectivity index (χ0v) is 8.56. The zero-order valence-electron chi connectivity index (χ0n) is 7.74. The Hall–Kier alpha value is -1.00. The first-order chi connectivity index (χ1) is 6.74. The van der Waals surface area contributed by atoms with Crippen molar-refractivity contribution in [2.45, 2.75) is 4.90 Å². The van der Waals surface area contributed by atoms with Crippen molar-refractivity contribution >= 4 is 17.4 Å². The van der Waals surface area contributed by atoms with E-state index in [4.69, 9.17) is 11.5 Å². The molecule has 14 heavy (non-hydrogen) atoms. The van der Waals surface area contributed by atoms with Crippen LogP contribution in [0.5, 0.6) is 0 Å². The Morgan fingerprint density at radius 3 is 2.79 bits per heavy atom. The van der Waals surface area contributed by atoms with Crippen molar-refractivity contribution in [2.75, 3.05) is 18.0 Å². The van der Waals surface area contributed by atoms with Crippen LogP contribution in [-0.2, 0) is 0 Å². The van der Waals surface area contributed by atoms with E-state index in [2.05, 4.69) is 0 Å². The molecule has 0 aliphatic rings. The second kappa shape index (κ2) is 5.67.